The van der Waals surface area contributed by atoms with Crippen molar-refractivity contribution in [3.63, 3.8) is 0 Å². The molecule has 2 aromatic rings. The summed E-state index contributed by atoms with van der Waals surface area (Å²) in [6.45, 7) is 3.20. The molecule has 7 heteroatoms. The fourth-order valence-corrected chi connectivity index (χ4v) is 2.84. The second-order valence-corrected chi connectivity index (χ2v) is 5.98. The average molecular weight is 360 g/mol. The number of amides is 2. The Hall–Kier alpha value is -2.96. The molecule has 1 aliphatic heterocycles. The number of carbonyl (C=O) groups is 2. The highest BCUT2D eigenvalue weighted by atomic mass is 19.1. The Labute approximate surface area is 149 Å². The van der Waals surface area contributed by atoms with Gasteiger partial charge in [-0.2, -0.15) is 0 Å². The highest BCUT2D eigenvalue weighted by molar-refractivity contribution is 5.95. The van der Waals surface area contributed by atoms with Gasteiger partial charge >= 0.3 is 0 Å². The summed E-state index contributed by atoms with van der Waals surface area (Å²) in [7, 11) is 0. The van der Waals surface area contributed by atoms with Crippen molar-refractivity contribution in [3.05, 3.63) is 65.1 Å². The first kappa shape index (κ1) is 17.8. The maximum atomic E-state index is 13.6. The number of nitrogens with zero attached hydrogens (tertiary/aromatic N) is 2. The lowest BCUT2D eigenvalue weighted by atomic mass is 10.1. The number of rotatable bonds is 3. The predicted octanol–water partition coefficient (Wildman–Crippen LogP) is 2.86. The van der Waals surface area contributed by atoms with Gasteiger partial charge in [-0.25, -0.2) is 8.78 Å². The molecular weight excluding hydrogens is 342 g/mol. The second-order valence-electron chi connectivity index (χ2n) is 5.98. The lowest BCUT2D eigenvalue weighted by Crippen LogP contribution is -2.50. The van der Waals surface area contributed by atoms with Crippen molar-refractivity contribution >= 4 is 17.9 Å². The molecule has 1 fully saturated rings. The predicted molar refractivity (Wildman–Crippen MR) is 91.3 cm³/mol. The third kappa shape index (κ3) is 3.66. The highest BCUT2D eigenvalue weighted by Gasteiger charge is 2.25. The maximum absolute atomic E-state index is 13.6. The number of hydrogen-bond donors (Lipinski definition) is 0. The van der Waals surface area contributed by atoms with Crippen LogP contribution in [-0.2, 0) is 4.79 Å². The van der Waals surface area contributed by atoms with Gasteiger partial charge in [0.1, 0.15) is 17.4 Å². The molecule has 3 rings (SSSR count). The van der Waals surface area contributed by atoms with Gasteiger partial charge in [0.2, 0.25) is 5.91 Å². The molecule has 1 saturated heterocycles. The first-order valence-electron chi connectivity index (χ1n) is 8.21. The summed E-state index contributed by atoms with van der Waals surface area (Å²) in [5.74, 6) is -1.37. The van der Waals surface area contributed by atoms with Crippen molar-refractivity contribution in [2.45, 2.75) is 6.92 Å². The zero-order chi connectivity index (χ0) is 18.7. The van der Waals surface area contributed by atoms with Crippen molar-refractivity contribution in [1.82, 2.24) is 9.80 Å². The van der Waals surface area contributed by atoms with Gasteiger partial charge in [0.15, 0.2) is 0 Å². The topological polar surface area (TPSA) is 53.8 Å². The van der Waals surface area contributed by atoms with Gasteiger partial charge < -0.3 is 14.2 Å². The third-order valence-corrected chi connectivity index (χ3v) is 4.36. The van der Waals surface area contributed by atoms with E-state index < -0.39 is 11.6 Å². The first-order valence-corrected chi connectivity index (χ1v) is 8.21. The number of aryl methyl sites for hydroxylation is 1. The molecule has 26 heavy (non-hydrogen) atoms. The molecule has 0 radical (unpaired) electrons. The third-order valence-electron chi connectivity index (χ3n) is 4.36. The van der Waals surface area contributed by atoms with E-state index >= 15 is 0 Å². The zero-order valence-corrected chi connectivity index (χ0v) is 14.2. The minimum absolute atomic E-state index is 0.132. The molecule has 0 atom stereocenters. The number of carbonyl (C=O) groups excluding carboxylic acids is 2. The smallest absolute Gasteiger partial charge is 0.257 e. The van der Waals surface area contributed by atoms with Crippen molar-refractivity contribution < 1.29 is 22.8 Å². The van der Waals surface area contributed by atoms with Crippen molar-refractivity contribution in [2.75, 3.05) is 26.2 Å². The normalized spacial score (nSPS) is 14.9. The van der Waals surface area contributed by atoms with Crippen LogP contribution in [-0.4, -0.2) is 47.8 Å². The Balaban J connectivity index is 1.59. The van der Waals surface area contributed by atoms with E-state index in [1.165, 1.54) is 12.3 Å². The van der Waals surface area contributed by atoms with Crippen LogP contribution in [0.4, 0.5) is 8.78 Å². The van der Waals surface area contributed by atoms with Crippen molar-refractivity contribution in [1.29, 1.82) is 0 Å². The van der Waals surface area contributed by atoms with Crippen LogP contribution in [0.25, 0.3) is 6.08 Å². The van der Waals surface area contributed by atoms with Crippen LogP contribution in [0, 0.1) is 18.6 Å². The van der Waals surface area contributed by atoms with Crippen LogP contribution in [0.3, 0.4) is 0 Å². The largest absolute Gasteiger partial charge is 0.469 e. The molecule has 1 aromatic carbocycles. The minimum atomic E-state index is -0.722. The van der Waals surface area contributed by atoms with E-state index in [0.717, 1.165) is 24.3 Å². The lowest BCUT2D eigenvalue weighted by Gasteiger charge is -2.34. The number of piperazine rings is 1. The zero-order valence-electron chi connectivity index (χ0n) is 14.2. The Bertz CT molecular complexity index is 832. The number of halogens is 2. The molecule has 0 saturated carbocycles. The fourth-order valence-electron chi connectivity index (χ4n) is 2.84. The molecule has 0 spiro atoms. The van der Waals surface area contributed by atoms with Gasteiger partial charge in [-0.3, -0.25) is 9.59 Å². The summed E-state index contributed by atoms with van der Waals surface area (Å²) in [5, 5.41) is 0. The summed E-state index contributed by atoms with van der Waals surface area (Å²) in [4.78, 5) is 27.8. The van der Waals surface area contributed by atoms with E-state index in [1.807, 2.05) is 0 Å². The second kappa shape index (κ2) is 7.51. The van der Waals surface area contributed by atoms with Crippen molar-refractivity contribution in [2.24, 2.45) is 0 Å². The number of hydrogen-bond acceptors (Lipinski definition) is 3. The average Bonchev–Trinajstić information content (AvgIpc) is 3.06. The molecule has 0 aliphatic carbocycles. The van der Waals surface area contributed by atoms with Gasteiger partial charge in [-0.15, -0.1) is 0 Å². The molecule has 2 heterocycles. The molecule has 0 bridgehead atoms. The SMILES string of the molecule is Cc1occc1C(=O)N1CCN(C(=O)/C=C\c2c(F)cccc2F)CC1. The lowest BCUT2D eigenvalue weighted by molar-refractivity contribution is -0.127. The maximum Gasteiger partial charge on any atom is 0.257 e. The fraction of sp³-hybridized carbons (Fsp3) is 0.263. The first-order chi connectivity index (χ1) is 12.5. The molecule has 2 amide bonds. The van der Waals surface area contributed by atoms with Crippen LogP contribution in [0.1, 0.15) is 21.7 Å². The van der Waals surface area contributed by atoms with Crippen LogP contribution in [0.15, 0.2) is 41.0 Å². The van der Waals surface area contributed by atoms with Gasteiger partial charge in [0, 0.05) is 37.8 Å². The molecule has 1 aliphatic rings. The molecule has 5 nitrogen and oxygen atoms in total. The van der Waals surface area contributed by atoms with E-state index in [9.17, 15) is 18.4 Å². The summed E-state index contributed by atoms with van der Waals surface area (Å²) in [5.41, 5.74) is 0.268. The van der Waals surface area contributed by atoms with Gasteiger partial charge in [-0.05, 0) is 31.2 Å². The van der Waals surface area contributed by atoms with Crippen LogP contribution in [0.2, 0.25) is 0 Å². The Morgan fingerprint density at radius 2 is 1.65 bits per heavy atom. The van der Waals surface area contributed by atoms with E-state index in [4.69, 9.17) is 4.42 Å². The molecule has 1 aromatic heterocycles. The van der Waals surface area contributed by atoms with Gasteiger partial charge in [0.05, 0.1) is 11.8 Å². The Morgan fingerprint density at radius 1 is 1.04 bits per heavy atom. The quantitative estimate of drug-likeness (QED) is 0.791. The van der Waals surface area contributed by atoms with Crippen LogP contribution in [0.5, 0.6) is 0 Å². The van der Waals surface area contributed by atoms with E-state index in [-0.39, 0.29) is 17.4 Å². The van der Waals surface area contributed by atoms with Gasteiger partial charge in [0.25, 0.3) is 5.91 Å². The summed E-state index contributed by atoms with van der Waals surface area (Å²) in [6.07, 6.45) is 3.76. The summed E-state index contributed by atoms with van der Waals surface area (Å²) in [6, 6.07) is 5.16. The van der Waals surface area contributed by atoms with Crippen LogP contribution < -0.4 is 0 Å². The number of benzene rings is 1. The standard InChI is InChI=1S/C19H18F2N2O3/c1-13-14(7-12-26-13)19(25)23-10-8-22(9-11-23)18(24)6-5-15-16(20)3-2-4-17(15)21/h2-7,12H,8-11H2,1H3/b6-5-. The Kier molecular flexibility index (Phi) is 5.16. The molecule has 136 valence electrons. The minimum Gasteiger partial charge on any atom is -0.469 e. The molecular formula is C19H18F2N2O3. The summed E-state index contributed by atoms with van der Waals surface area (Å²) >= 11 is 0. The van der Waals surface area contributed by atoms with Crippen molar-refractivity contribution in [3.8, 4) is 0 Å². The van der Waals surface area contributed by atoms with E-state index in [0.29, 0.717) is 37.5 Å². The summed E-state index contributed by atoms with van der Waals surface area (Å²) < 4.78 is 32.3. The van der Waals surface area contributed by atoms with E-state index in [1.54, 1.807) is 22.8 Å². The Morgan fingerprint density at radius 3 is 2.23 bits per heavy atom. The molecule has 0 unspecified atom stereocenters. The van der Waals surface area contributed by atoms with E-state index in [2.05, 4.69) is 0 Å². The molecule has 0 N–H and O–H groups in total. The monoisotopic (exact) mass is 360 g/mol. The highest BCUT2D eigenvalue weighted by Crippen LogP contribution is 2.16. The van der Waals surface area contributed by atoms with Gasteiger partial charge in [-0.1, -0.05) is 6.07 Å². The number of furan rings is 1. The van der Waals surface area contributed by atoms with Crippen LogP contribution >= 0.6 is 0 Å².